The van der Waals surface area contributed by atoms with Crippen LogP contribution in [0.2, 0.25) is 0 Å². The van der Waals surface area contributed by atoms with Gasteiger partial charge in [0.2, 0.25) is 0 Å². The van der Waals surface area contributed by atoms with Crippen molar-refractivity contribution in [3.05, 3.63) is 84.4 Å². The van der Waals surface area contributed by atoms with Crippen LogP contribution < -0.4 is 0 Å². The average Bonchev–Trinajstić information content (AvgIpc) is 3.18. The van der Waals surface area contributed by atoms with Crippen LogP contribution in [0.1, 0.15) is 17.5 Å². The molecule has 148 valence electrons. The maximum absolute atomic E-state index is 10.4. The van der Waals surface area contributed by atoms with E-state index in [1.807, 2.05) is 48.5 Å². The summed E-state index contributed by atoms with van der Waals surface area (Å²) in [5.74, 6) is 0. The Kier molecular flexibility index (Phi) is 7.79. The lowest BCUT2D eigenvalue weighted by Crippen LogP contribution is -2.39. The van der Waals surface area contributed by atoms with Crippen molar-refractivity contribution >= 4 is 5.71 Å². The van der Waals surface area contributed by atoms with E-state index in [1.54, 1.807) is 6.08 Å². The number of hydrogen-bond donors (Lipinski definition) is 1. The molecular weight excluding hydrogens is 352 g/mol. The van der Waals surface area contributed by atoms with Gasteiger partial charge in [0.1, 0.15) is 6.10 Å². The number of oxime groups is 1. The Morgan fingerprint density at radius 2 is 1.89 bits per heavy atom. The minimum Gasteiger partial charge on any atom is -0.390 e. The van der Waals surface area contributed by atoms with E-state index in [-0.39, 0.29) is 12.7 Å². The van der Waals surface area contributed by atoms with Crippen molar-refractivity contribution in [2.75, 3.05) is 26.3 Å². The Labute approximate surface area is 166 Å². The van der Waals surface area contributed by atoms with Gasteiger partial charge in [-0.1, -0.05) is 71.9 Å². The van der Waals surface area contributed by atoms with Crippen molar-refractivity contribution in [2.45, 2.75) is 25.2 Å². The second-order valence-corrected chi connectivity index (χ2v) is 7.00. The fourth-order valence-corrected chi connectivity index (χ4v) is 3.30. The van der Waals surface area contributed by atoms with Gasteiger partial charge in [-0.15, -0.1) is 6.58 Å². The highest BCUT2D eigenvalue weighted by molar-refractivity contribution is 6.01. The Hall–Kier alpha value is -2.47. The number of ether oxygens (including phenoxy) is 1. The second-order valence-electron chi connectivity index (χ2n) is 7.00. The first kappa shape index (κ1) is 20.3. The predicted molar refractivity (Wildman–Crippen MR) is 111 cm³/mol. The van der Waals surface area contributed by atoms with Crippen LogP contribution in [-0.2, 0) is 16.1 Å². The quantitative estimate of drug-likeness (QED) is 0.480. The molecule has 0 aliphatic carbocycles. The highest BCUT2D eigenvalue weighted by Gasteiger charge is 2.25. The summed E-state index contributed by atoms with van der Waals surface area (Å²) in [6.07, 6.45) is 1.85. The number of benzene rings is 2. The van der Waals surface area contributed by atoms with Gasteiger partial charge in [0.15, 0.2) is 0 Å². The van der Waals surface area contributed by atoms with Gasteiger partial charge in [0, 0.05) is 26.1 Å². The van der Waals surface area contributed by atoms with E-state index < -0.39 is 6.10 Å². The molecule has 0 saturated carbocycles. The summed E-state index contributed by atoms with van der Waals surface area (Å²) in [6.45, 7) is 6.29. The Bertz CT molecular complexity index is 749. The number of rotatable bonds is 11. The van der Waals surface area contributed by atoms with Gasteiger partial charge in [-0.05, 0) is 11.1 Å². The van der Waals surface area contributed by atoms with E-state index in [0.29, 0.717) is 19.7 Å². The van der Waals surface area contributed by atoms with E-state index in [9.17, 15) is 5.11 Å². The number of aliphatic hydroxyl groups is 1. The lowest BCUT2D eigenvalue weighted by Gasteiger charge is -2.27. The number of hydrogen-bond acceptors (Lipinski definition) is 5. The molecular formula is C23H28N2O3. The fourth-order valence-electron chi connectivity index (χ4n) is 3.30. The van der Waals surface area contributed by atoms with Crippen molar-refractivity contribution in [2.24, 2.45) is 5.16 Å². The third kappa shape index (κ3) is 6.30. The van der Waals surface area contributed by atoms with Crippen LogP contribution in [0.4, 0.5) is 0 Å². The highest BCUT2D eigenvalue weighted by Crippen LogP contribution is 2.18. The summed E-state index contributed by atoms with van der Waals surface area (Å²) < 4.78 is 5.39. The maximum atomic E-state index is 10.4. The van der Waals surface area contributed by atoms with Gasteiger partial charge in [-0.2, -0.15) is 0 Å². The third-order valence-corrected chi connectivity index (χ3v) is 4.57. The van der Waals surface area contributed by atoms with Crippen molar-refractivity contribution in [1.82, 2.24) is 4.90 Å². The molecule has 2 aromatic rings. The molecule has 0 unspecified atom stereocenters. The van der Waals surface area contributed by atoms with Gasteiger partial charge >= 0.3 is 0 Å². The van der Waals surface area contributed by atoms with Crippen molar-refractivity contribution in [1.29, 1.82) is 0 Å². The van der Waals surface area contributed by atoms with Crippen LogP contribution in [0.3, 0.4) is 0 Å². The molecule has 0 aromatic heterocycles. The minimum atomic E-state index is -0.570. The topological polar surface area (TPSA) is 54.3 Å². The zero-order valence-corrected chi connectivity index (χ0v) is 16.1. The van der Waals surface area contributed by atoms with Crippen LogP contribution in [0.5, 0.6) is 0 Å². The largest absolute Gasteiger partial charge is 0.390 e. The molecule has 1 N–H and O–H groups in total. The minimum absolute atomic E-state index is 0.0276. The summed E-state index contributed by atoms with van der Waals surface area (Å²) in [5.41, 5.74) is 3.27. The molecule has 3 rings (SSSR count). The third-order valence-electron chi connectivity index (χ3n) is 4.57. The lowest BCUT2D eigenvalue weighted by atomic mass is 10.0. The SMILES string of the molecule is C=CCOC[C@@H](O)CN(Cc1ccccc1)C[C@@H]1CC(c2ccccc2)=NO1. The van der Waals surface area contributed by atoms with Crippen molar-refractivity contribution in [3.8, 4) is 0 Å². The Morgan fingerprint density at radius 3 is 2.61 bits per heavy atom. The molecule has 5 heteroatoms. The predicted octanol–water partition coefficient (Wildman–Crippen LogP) is 3.25. The Balaban J connectivity index is 1.58. The molecule has 5 nitrogen and oxygen atoms in total. The van der Waals surface area contributed by atoms with Gasteiger partial charge < -0.3 is 14.7 Å². The molecule has 0 amide bonds. The van der Waals surface area contributed by atoms with Crippen LogP contribution in [0, 0.1) is 0 Å². The molecule has 0 radical (unpaired) electrons. The normalized spacial score (nSPS) is 17.2. The van der Waals surface area contributed by atoms with E-state index >= 15 is 0 Å². The van der Waals surface area contributed by atoms with Crippen LogP contribution in [0.15, 0.2) is 78.5 Å². The summed E-state index contributed by atoms with van der Waals surface area (Å²) in [6, 6.07) is 20.4. The van der Waals surface area contributed by atoms with Crippen LogP contribution >= 0.6 is 0 Å². The standard InChI is InChI=1S/C23H28N2O3/c1-2-13-27-18-21(26)16-25(15-19-9-5-3-6-10-19)17-22-14-23(24-28-22)20-11-7-4-8-12-20/h2-12,21-22,26H,1,13-18H2/t21-,22-/m0/s1. The highest BCUT2D eigenvalue weighted by atomic mass is 16.6. The molecule has 1 aliphatic heterocycles. The monoisotopic (exact) mass is 380 g/mol. The number of aliphatic hydroxyl groups excluding tert-OH is 1. The molecule has 2 aromatic carbocycles. The molecule has 2 atom stereocenters. The summed E-state index contributed by atoms with van der Waals surface area (Å²) in [5, 5.41) is 14.6. The summed E-state index contributed by atoms with van der Waals surface area (Å²) in [4.78, 5) is 7.89. The zero-order chi connectivity index (χ0) is 19.6. The smallest absolute Gasteiger partial charge is 0.145 e. The first-order valence-electron chi connectivity index (χ1n) is 9.65. The van der Waals surface area contributed by atoms with Crippen molar-refractivity contribution in [3.63, 3.8) is 0 Å². The van der Waals surface area contributed by atoms with Crippen LogP contribution in [-0.4, -0.2) is 54.2 Å². The summed E-state index contributed by atoms with van der Waals surface area (Å²) in [7, 11) is 0. The summed E-state index contributed by atoms with van der Waals surface area (Å²) >= 11 is 0. The van der Waals surface area contributed by atoms with E-state index in [4.69, 9.17) is 9.57 Å². The first-order valence-corrected chi connectivity index (χ1v) is 9.65. The van der Waals surface area contributed by atoms with E-state index in [1.165, 1.54) is 5.56 Å². The van der Waals surface area contributed by atoms with Gasteiger partial charge in [0.25, 0.3) is 0 Å². The zero-order valence-electron chi connectivity index (χ0n) is 16.1. The number of nitrogens with zero attached hydrogens (tertiary/aromatic N) is 2. The molecule has 1 heterocycles. The molecule has 0 spiro atoms. The van der Waals surface area contributed by atoms with Crippen LogP contribution in [0.25, 0.3) is 0 Å². The van der Waals surface area contributed by atoms with E-state index in [2.05, 4.69) is 28.8 Å². The van der Waals surface area contributed by atoms with E-state index in [0.717, 1.165) is 24.2 Å². The fraction of sp³-hybridized carbons (Fsp3) is 0.348. The lowest BCUT2D eigenvalue weighted by molar-refractivity contribution is 0.00336. The molecule has 28 heavy (non-hydrogen) atoms. The molecule has 0 fully saturated rings. The Morgan fingerprint density at radius 1 is 1.18 bits per heavy atom. The second kappa shape index (κ2) is 10.8. The van der Waals surface area contributed by atoms with Gasteiger partial charge in [-0.25, -0.2) is 0 Å². The molecule has 0 saturated heterocycles. The first-order chi connectivity index (χ1) is 13.7. The van der Waals surface area contributed by atoms with Gasteiger partial charge in [-0.3, -0.25) is 4.90 Å². The average molecular weight is 380 g/mol. The molecule has 1 aliphatic rings. The maximum Gasteiger partial charge on any atom is 0.145 e. The molecule has 0 bridgehead atoms. The van der Waals surface area contributed by atoms with Gasteiger partial charge in [0.05, 0.1) is 25.0 Å². The van der Waals surface area contributed by atoms with Crippen molar-refractivity contribution < 1.29 is 14.7 Å².